The molecule has 1 N–H and O–H groups in total. The average Bonchev–Trinajstić information content (AvgIpc) is 2.57. The summed E-state index contributed by atoms with van der Waals surface area (Å²) in [6, 6.07) is 12.7. The number of hydrogen-bond acceptors (Lipinski definition) is 4. The van der Waals surface area contributed by atoms with Crippen LogP contribution in [0.25, 0.3) is 11.0 Å². The van der Waals surface area contributed by atoms with E-state index in [2.05, 4.69) is 15.3 Å². The van der Waals surface area contributed by atoms with E-state index in [1.54, 1.807) is 12.1 Å². The van der Waals surface area contributed by atoms with Crippen molar-refractivity contribution in [2.75, 3.05) is 11.9 Å². The molecule has 0 aliphatic heterocycles. The lowest BCUT2D eigenvalue weighted by Gasteiger charge is -2.11. The second kappa shape index (κ2) is 6.66. The van der Waals surface area contributed by atoms with Crippen molar-refractivity contribution >= 4 is 22.6 Å². The molecular weight excluding hydrogens is 302 g/mol. The molecule has 0 spiro atoms. The van der Waals surface area contributed by atoms with Gasteiger partial charge in [0.25, 0.3) is 5.91 Å². The third-order valence-electron chi connectivity index (χ3n) is 3.77. The van der Waals surface area contributed by atoms with Gasteiger partial charge in [0.05, 0.1) is 34.7 Å². The second-order valence-electron chi connectivity index (χ2n) is 5.48. The predicted molar refractivity (Wildman–Crippen MR) is 94.6 cm³/mol. The van der Waals surface area contributed by atoms with Gasteiger partial charge in [0.2, 0.25) is 0 Å². The molecular formula is C19H19N3O2. The molecule has 1 amide bonds. The van der Waals surface area contributed by atoms with Crippen molar-refractivity contribution in [2.24, 2.45) is 0 Å². The van der Waals surface area contributed by atoms with Crippen molar-refractivity contribution < 1.29 is 9.53 Å². The highest BCUT2D eigenvalue weighted by Gasteiger charge is 2.11. The number of nitrogens with one attached hydrogen (secondary N) is 1. The predicted octanol–water partition coefficient (Wildman–Crippen LogP) is 3.90. The highest BCUT2D eigenvalue weighted by molar-refractivity contribution is 6.06. The molecule has 5 nitrogen and oxygen atoms in total. The highest BCUT2D eigenvalue weighted by atomic mass is 16.5. The molecule has 5 heteroatoms. The van der Waals surface area contributed by atoms with Gasteiger partial charge in [0, 0.05) is 5.56 Å². The summed E-state index contributed by atoms with van der Waals surface area (Å²) in [5.41, 5.74) is 4.43. The van der Waals surface area contributed by atoms with Gasteiger partial charge in [-0.25, -0.2) is 9.97 Å². The van der Waals surface area contributed by atoms with Crippen molar-refractivity contribution in [3.63, 3.8) is 0 Å². The van der Waals surface area contributed by atoms with Gasteiger partial charge in [-0.3, -0.25) is 4.79 Å². The van der Waals surface area contributed by atoms with Crippen LogP contribution >= 0.6 is 0 Å². The largest absolute Gasteiger partial charge is 0.492 e. The third-order valence-corrected chi connectivity index (χ3v) is 3.77. The summed E-state index contributed by atoms with van der Waals surface area (Å²) >= 11 is 0. The van der Waals surface area contributed by atoms with Crippen LogP contribution in [0, 0.1) is 13.8 Å². The number of nitrogens with zero attached hydrogens (tertiary/aromatic N) is 2. The van der Waals surface area contributed by atoms with Crippen LogP contribution in [-0.4, -0.2) is 22.5 Å². The molecule has 24 heavy (non-hydrogen) atoms. The zero-order valence-corrected chi connectivity index (χ0v) is 14.0. The Morgan fingerprint density at radius 3 is 2.50 bits per heavy atom. The number of para-hydroxylation sites is 2. The highest BCUT2D eigenvalue weighted by Crippen LogP contribution is 2.24. The molecule has 3 rings (SSSR count). The zero-order chi connectivity index (χ0) is 17.1. The van der Waals surface area contributed by atoms with E-state index < -0.39 is 0 Å². The van der Waals surface area contributed by atoms with Gasteiger partial charge in [-0.15, -0.1) is 0 Å². The Morgan fingerprint density at radius 2 is 1.75 bits per heavy atom. The number of carbonyl (C=O) groups excluding carboxylic acids is 1. The first-order valence-electron chi connectivity index (χ1n) is 7.86. The quantitative estimate of drug-likeness (QED) is 0.791. The zero-order valence-electron chi connectivity index (χ0n) is 14.0. The first-order valence-corrected chi connectivity index (χ1v) is 7.86. The molecule has 0 saturated carbocycles. The topological polar surface area (TPSA) is 64.1 Å². The van der Waals surface area contributed by atoms with E-state index in [-0.39, 0.29) is 5.91 Å². The lowest BCUT2D eigenvalue weighted by atomic mass is 10.1. The number of rotatable bonds is 4. The van der Waals surface area contributed by atoms with E-state index in [1.807, 2.05) is 51.1 Å². The summed E-state index contributed by atoms with van der Waals surface area (Å²) in [4.78, 5) is 21.5. The number of anilines is 1. The van der Waals surface area contributed by atoms with Crippen LogP contribution in [0.5, 0.6) is 5.75 Å². The molecule has 0 saturated heterocycles. The molecule has 0 unspecified atom stereocenters. The minimum atomic E-state index is -0.205. The number of hydrogen-bond donors (Lipinski definition) is 1. The molecule has 0 radical (unpaired) electrons. The number of benzene rings is 2. The van der Waals surface area contributed by atoms with Crippen molar-refractivity contribution in [1.82, 2.24) is 9.97 Å². The number of carbonyl (C=O) groups is 1. The molecule has 2 aromatic carbocycles. The average molecular weight is 321 g/mol. The first-order chi connectivity index (χ1) is 11.6. The smallest absolute Gasteiger partial charge is 0.255 e. The third kappa shape index (κ3) is 3.20. The summed E-state index contributed by atoms with van der Waals surface area (Å²) < 4.78 is 5.54. The number of aryl methyl sites for hydroxylation is 2. The normalized spacial score (nSPS) is 10.6. The monoisotopic (exact) mass is 321 g/mol. The molecule has 0 bridgehead atoms. The van der Waals surface area contributed by atoms with E-state index in [4.69, 9.17) is 4.74 Å². The van der Waals surface area contributed by atoms with E-state index in [0.717, 1.165) is 16.9 Å². The van der Waals surface area contributed by atoms with Crippen LogP contribution in [0.3, 0.4) is 0 Å². The Labute approximate surface area is 140 Å². The fourth-order valence-corrected chi connectivity index (χ4v) is 2.42. The van der Waals surface area contributed by atoms with Crippen molar-refractivity contribution in [3.05, 3.63) is 59.4 Å². The Kier molecular flexibility index (Phi) is 4.42. The van der Waals surface area contributed by atoms with Crippen LogP contribution in [0.4, 0.5) is 5.69 Å². The van der Waals surface area contributed by atoms with Crippen LogP contribution in [0.15, 0.2) is 42.5 Å². The van der Waals surface area contributed by atoms with Gasteiger partial charge in [-0.2, -0.15) is 0 Å². The Hall–Kier alpha value is -2.95. The van der Waals surface area contributed by atoms with Crippen molar-refractivity contribution in [3.8, 4) is 5.75 Å². The van der Waals surface area contributed by atoms with E-state index in [1.165, 1.54) is 0 Å². The van der Waals surface area contributed by atoms with Crippen LogP contribution in [0.1, 0.15) is 28.7 Å². The lowest BCUT2D eigenvalue weighted by molar-refractivity contribution is 0.102. The summed E-state index contributed by atoms with van der Waals surface area (Å²) in [5.74, 6) is 0.449. The maximum Gasteiger partial charge on any atom is 0.255 e. The maximum atomic E-state index is 12.6. The number of amides is 1. The van der Waals surface area contributed by atoms with Gasteiger partial charge in [-0.05, 0) is 51.1 Å². The van der Waals surface area contributed by atoms with Crippen molar-refractivity contribution in [1.29, 1.82) is 0 Å². The Morgan fingerprint density at radius 1 is 1.04 bits per heavy atom. The number of aromatic nitrogens is 2. The molecule has 0 atom stereocenters. The standard InChI is InChI=1S/C19H19N3O2/c1-4-24-18-8-6-5-7-16(18)22-19(23)14-9-10-15-17(11-14)21-13(3)12(2)20-15/h5-11H,4H2,1-3H3,(H,22,23). The molecule has 1 aromatic heterocycles. The summed E-state index contributed by atoms with van der Waals surface area (Å²) in [7, 11) is 0. The minimum Gasteiger partial charge on any atom is -0.492 e. The number of ether oxygens (including phenoxy) is 1. The minimum absolute atomic E-state index is 0.205. The number of fused-ring (bicyclic) bond motifs is 1. The van der Waals surface area contributed by atoms with Crippen LogP contribution in [0.2, 0.25) is 0 Å². The molecule has 122 valence electrons. The van der Waals surface area contributed by atoms with Gasteiger partial charge >= 0.3 is 0 Å². The van der Waals surface area contributed by atoms with E-state index in [0.29, 0.717) is 29.1 Å². The second-order valence-corrected chi connectivity index (χ2v) is 5.48. The van der Waals surface area contributed by atoms with Gasteiger partial charge in [-0.1, -0.05) is 12.1 Å². The molecule has 0 aliphatic carbocycles. The van der Waals surface area contributed by atoms with Gasteiger partial charge in [0.1, 0.15) is 5.75 Å². The fourth-order valence-electron chi connectivity index (χ4n) is 2.42. The molecule has 3 aromatic rings. The lowest BCUT2D eigenvalue weighted by Crippen LogP contribution is -2.13. The maximum absolute atomic E-state index is 12.6. The van der Waals surface area contributed by atoms with Crippen LogP contribution < -0.4 is 10.1 Å². The summed E-state index contributed by atoms with van der Waals surface area (Å²) in [6.07, 6.45) is 0. The molecule has 1 heterocycles. The van der Waals surface area contributed by atoms with E-state index in [9.17, 15) is 4.79 Å². The van der Waals surface area contributed by atoms with E-state index >= 15 is 0 Å². The first kappa shape index (κ1) is 15.9. The molecule has 0 fully saturated rings. The van der Waals surface area contributed by atoms with Crippen molar-refractivity contribution in [2.45, 2.75) is 20.8 Å². The summed E-state index contributed by atoms with van der Waals surface area (Å²) in [6.45, 7) is 6.28. The van der Waals surface area contributed by atoms with Gasteiger partial charge in [0.15, 0.2) is 0 Å². The molecule has 0 aliphatic rings. The summed E-state index contributed by atoms with van der Waals surface area (Å²) in [5, 5.41) is 2.89. The Bertz CT molecular complexity index is 906. The fraction of sp³-hybridized carbons (Fsp3) is 0.211. The Balaban J connectivity index is 1.90. The SMILES string of the molecule is CCOc1ccccc1NC(=O)c1ccc2nc(C)c(C)nc2c1. The van der Waals surface area contributed by atoms with Crippen LogP contribution in [-0.2, 0) is 0 Å². The van der Waals surface area contributed by atoms with Gasteiger partial charge < -0.3 is 10.1 Å².